The minimum Gasteiger partial charge on any atom is -0.350 e. The van der Waals surface area contributed by atoms with E-state index in [1.54, 1.807) is 6.92 Å². The van der Waals surface area contributed by atoms with Crippen molar-refractivity contribution in [2.24, 2.45) is 5.73 Å². The minimum absolute atomic E-state index is 0.0445. The monoisotopic (exact) mass is 291 g/mol. The normalized spacial score (nSPS) is 12.8. The molecule has 1 amide bonds. The largest absolute Gasteiger partial charge is 0.416 e. The van der Waals surface area contributed by atoms with Gasteiger partial charge in [-0.1, -0.05) is 0 Å². The van der Waals surface area contributed by atoms with Gasteiger partial charge in [0.15, 0.2) is 0 Å². The lowest BCUT2D eigenvalue weighted by Gasteiger charge is -2.10. The molecule has 0 heterocycles. The van der Waals surface area contributed by atoms with Gasteiger partial charge in [-0.2, -0.15) is 13.2 Å². The molecule has 0 unspecified atom stereocenters. The van der Waals surface area contributed by atoms with E-state index in [0.29, 0.717) is 12.1 Å². The predicted octanol–water partition coefficient (Wildman–Crippen LogP) is 1.69. The summed E-state index contributed by atoms with van der Waals surface area (Å²) in [5.41, 5.74) is 2.90. The number of benzene rings is 1. The van der Waals surface area contributed by atoms with Crippen LogP contribution in [0.15, 0.2) is 18.2 Å². The summed E-state index contributed by atoms with van der Waals surface area (Å²) in [5, 5.41) is 12.9. The highest BCUT2D eigenvalue weighted by atomic mass is 19.4. The van der Waals surface area contributed by atoms with Gasteiger partial charge in [0.1, 0.15) is 0 Å². The SMILES string of the molecule is C[C@@H](N)CNC(=O)c1cc([N+](=O)[O-])cc(C(F)(F)F)c1. The molecule has 0 saturated carbocycles. The molecule has 0 bridgehead atoms. The van der Waals surface area contributed by atoms with Crippen molar-refractivity contribution >= 4 is 11.6 Å². The number of halogens is 3. The number of nitrogens with one attached hydrogen (secondary N) is 1. The molecule has 0 spiro atoms. The molecule has 3 N–H and O–H groups in total. The molecule has 0 aliphatic heterocycles. The molecule has 1 aromatic rings. The Hall–Kier alpha value is -2.16. The first-order valence-corrected chi connectivity index (χ1v) is 5.51. The topological polar surface area (TPSA) is 98.3 Å². The number of nitrogens with zero attached hydrogens (tertiary/aromatic N) is 1. The van der Waals surface area contributed by atoms with Crippen LogP contribution in [0.25, 0.3) is 0 Å². The Balaban J connectivity index is 3.16. The summed E-state index contributed by atoms with van der Waals surface area (Å²) in [6.07, 6.45) is -4.78. The van der Waals surface area contributed by atoms with Crippen molar-refractivity contribution in [1.82, 2.24) is 5.32 Å². The molecule has 1 rings (SSSR count). The van der Waals surface area contributed by atoms with Crippen LogP contribution in [0.5, 0.6) is 0 Å². The Morgan fingerprint density at radius 1 is 1.45 bits per heavy atom. The van der Waals surface area contributed by atoms with Crippen LogP contribution in [0.3, 0.4) is 0 Å². The molecular formula is C11H12F3N3O3. The van der Waals surface area contributed by atoms with Gasteiger partial charge in [-0.3, -0.25) is 14.9 Å². The van der Waals surface area contributed by atoms with E-state index in [1.807, 2.05) is 0 Å². The third-order valence-corrected chi connectivity index (χ3v) is 2.30. The van der Waals surface area contributed by atoms with E-state index in [1.165, 1.54) is 0 Å². The number of hydrogen-bond donors (Lipinski definition) is 2. The highest BCUT2D eigenvalue weighted by Gasteiger charge is 2.33. The molecule has 0 radical (unpaired) electrons. The van der Waals surface area contributed by atoms with Crippen molar-refractivity contribution in [1.29, 1.82) is 0 Å². The van der Waals surface area contributed by atoms with Crippen LogP contribution in [0.2, 0.25) is 0 Å². The number of nitro groups is 1. The molecule has 1 aromatic carbocycles. The summed E-state index contributed by atoms with van der Waals surface area (Å²) >= 11 is 0. The second-order valence-corrected chi connectivity index (χ2v) is 4.21. The fourth-order valence-electron chi connectivity index (χ4n) is 1.37. The molecule has 6 nitrogen and oxygen atoms in total. The Bertz CT molecular complexity index is 529. The lowest BCUT2D eigenvalue weighted by Crippen LogP contribution is -2.35. The van der Waals surface area contributed by atoms with E-state index in [2.05, 4.69) is 5.32 Å². The van der Waals surface area contributed by atoms with E-state index < -0.39 is 33.8 Å². The van der Waals surface area contributed by atoms with Gasteiger partial charge in [-0.25, -0.2) is 0 Å². The lowest BCUT2D eigenvalue weighted by molar-refractivity contribution is -0.385. The molecule has 0 aliphatic rings. The lowest BCUT2D eigenvalue weighted by atomic mass is 10.1. The van der Waals surface area contributed by atoms with Gasteiger partial charge >= 0.3 is 6.18 Å². The zero-order valence-electron chi connectivity index (χ0n) is 10.4. The second kappa shape index (κ2) is 5.87. The molecule has 0 aliphatic carbocycles. The average Bonchev–Trinajstić information content (AvgIpc) is 2.34. The fourth-order valence-corrected chi connectivity index (χ4v) is 1.37. The maximum Gasteiger partial charge on any atom is 0.416 e. The first-order valence-electron chi connectivity index (χ1n) is 5.51. The molecule has 0 aromatic heterocycles. The predicted molar refractivity (Wildman–Crippen MR) is 64.1 cm³/mol. The van der Waals surface area contributed by atoms with Crippen LogP contribution in [0, 0.1) is 10.1 Å². The molecule has 9 heteroatoms. The third-order valence-electron chi connectivity index (χ3n) is 2.30. The van der Waals surface area contributed by atoms with Gasteiger partial charge in [0.25, 0.3) is 11.6 Å². The van der Waals surface area contributed by atoms with E-state index in [-0.39, 0.29) is 12.6 Å². The van der Waals surface area contributed by atoms with Crippen molar-refractivity contribution in [3.63, 3.8) is 0 Å². The molecule has 110 valence electrons. The Kier molecular flexibility index (Phi) is 4.66. The number of amides is 1. The summed E-state index contributed by atoms with van der Waals surface area (Å²) < 4.78 is 37.8. The average molecular weight is 291 g/mol. The van der Waals surface area contributed by atoms with Crippen molar-refractivity contribution in [2.75, 3.05) is 6.54 Å². The molecule has 0 fully saturated rings. The van der Waals surface area contributed by atoms with Gasteiger partial charge in [0.2, 0.25) is 0 Å². The smallest absolute Gasteiger partial charge is 0.350 e. The first-order chi connectivity index (χ1) is 9.11. The quantitative estimate of drug-likeness (QED) is 0.651. The summed E-state index contributed by atoms with van der Waals surface area (Å²) in [5.74, 6) is -0.850. The minimum atomic E-state index is -4.78. The van der Waals surface area contributed by atoms with E-state index in [4.69, 9.17) is 5.73 Å². The highest BCUT2D eigenvalue weighted by Crippen LogP contribution is 2.32. The highest BCUT2D eigenvalue weighted by molar-refractivity contribution is 5.95. The van der Waals surface area contributed by atoms with Crippen molar-refractivity contribution < 1.29 is 22.9 Å². The van der Waals surface area contributed by atoms with Crippen LogP contribution in [0.4, 0.5) is 18.9 Å². The zero-order valence-corrected chi connectivity index (χ0v) is 10.4. The summed E-state index contributed by atoms with van der Waals surface area (Å²) in [6.45, 7) is 1.64. The second-order valence-electron chi connectivity index (χ2n) is 4.21. The number of rotatable bonds is 4. The van der Waals surface area contributed by atoms with Gasteiger partial charge in [0.05, 0.1) is 10.5 Å². The maximum absolute atomic E-state index is 12.6. The number of carbonyl (C=O) groups is 1. The molecular weight excluding hydrogens is 279 g/mol. The van der Waals surface area contributed by atoms with Crippen LogP contribution >= 0.6 is 0 Å². The van der Waals surface area contributed by atoms with Crippen molar-refractivity contribution in [3.05, 3.63) is 39.4 Å². The van der Waals surface area contributed by atoms with Crippen LogP contribution in [-0.4, -0.2) is 23.4 Å². The number of hydrogen-bond acceptors (Lipinski definition) is 4. The van der Waals surface area contributed by atoms with Gasteiger partial charge in [-0.05, 0) is 13.0 Å². The molecule has 1 atom stereocenters. The fraction of sp³-hybridized carbons (Fsp3) is 0.364. The summed E-state index contributed by atoms with van der Waals surface area (Å²) in [4.78, 5) is 21.3. The van der Waals surface area contributed by atoms with E-state index in [0.717, 1.165) is 6.07 Å². The first kappa shape index (κ1) is 15.9. The van der Waals surface area contributed by atoms with Crippen molar-refractivity contribution in [2.45, 2.75) is 19.1 Å². The maximum atomic E-state index is 12.6. The van der Waals surface area contributed by atoms with Gasteiger partial charge < -0.3 is 11.1 Å². The van der Waals surface area contributed by atoms with E-state index in [9.17, 15) is 28.1 Å². The third kappa shape index (κ3) is 4.19. The molecule has 0 saturated heterocycles. The Morgan fingerprint density at radius 3 is 2.50 bits per heavy atom. The number of nitro benzene ring substituents is 1. The number of carbonyl (C=O) groups excluding carboxylic acids is 1. The Labute approximate surface area is 111 Å². The van der Waals surface area contributed by atoms with Crippen molar-refractivity contribution in [3.8, 4) is 0 Å². The van der Waals surface area contributed by atoms with Gasteiger partial charge in [0, 0.05) is 30.3 Å². The van der Waals surface area contributed by atoms with Gasteiger partial charge in [-0.15, -0.1) is 0 Å². The van der Waals surface area contributed by atoms with Crippen LogP contribution < -0.4 is 11.1 Å². The van der Waals surface area contributed by atoms with E-state index >= 15 is 0 Å². The zero-order chi connectivity index (χ0) is 15.5. The Morgan fingerprint density at radius 2 is 2.05 bits per heavy atom. The number of non-ortho nitro benzene ring substituents is 1. The number of alkyl halides is 3. The molecule has 20 heavy (non-hydrogen) atoms. The van der Waals surface area contributed by atoms with Crippen LogP contribution in [0.1, 0.15) is 22.8 Å². The number of nitrogens with two attached hydrogens (primary N) is 1. The van der Waals surface area contributed by atoms with Crippen LogP contribution in [-0.2, 0) is 6.18 Å². The summed E-state index contributed by atoms with van der Waals surface area (Å²) in [6, 6.07) is 1.33. The summed E-state index contributed by atoms with van der Waals surface area (Å²) in [7, 11) is 0. The standard InChI is InChI=1S/C11H12F3N3O3/c1-6(15)5-16-10(18)7-2-8(11(12,13)14)4-9(3-7)17(19)20/h2-4,6H,5,15H2,1H3,(H,16,18)/t6-/m1/s1.